The minimum atomic E-state index is -0.570. The first kappa shape index (κ1) is 17.6. The molecule has 0 aromatic heterocycles. The zero-order valence-corrected chi connectivity index (χ0v) is 14.6. The summed E-state index contributed by atoms with van der Waals surface area (Å²) < 4.78 is 24.8. The highest BCUT2D eigenvalue weighted by Crippen LogP contribution is 2.37. The van der Waals surface area contributed by atoms with Crippen LogP contribution in [0.3, 0.4) is 0 Å². The van der Waals surface area contributed by atoms with E-state index in [0.717, 1.165) is 0 Å². The molecule has 0 saturated carbocycles. The SMILES string of the molecule is CCOc1cc(C(N)=O)cc(Br)c1OCc1ccc(F)cc1Cl. The molecule has 122 valence electrons. The lowest BCUT2D eigenvalue weighted by molar-refractivity contribution is 0.0999. The Morgan fingerprint density at radius 2 is 2.04 bits per heavy atom. The third-order valence-electron chi connectivity index (χ3n) is 2.98. The van der Waals surface area contributed by atoms with Crippen molar-refractivity contribution in [2.24, 2.45) is 5.73 Å². The van der Waals surface area contributed by atoms with Crippen LogP contribution in [0.5, 0.6) is 11.5 Å². The smallest absolute Gasteiger partial charge is 0.248 e. The third kappa shape index (κ3) is 4.36. The summed E-state index contributed by atoms with van der Waals surface area (Å²) in [5, 5.41) is 0.271. The second-order valence-electron chi connectivity index (χ2n) is 4.61. The van der Waals surface area contributed by atoms with Crippen LogP contribution >= 0.6 is 27.5 Å². The summed E-state index contributed by atoms with van der Waals surface area (Å²) in [7, 11) is 0. The molecule has 0 aliphatic carbocycles. The minimum absolute atomic E-state index is 0.119. The van der Waals surface area contributed by atoms with Crippen LogP contribution in [0.1, 0.15) is 22.8 Å². The molecule has 23 heavy (non-hydrogen) atoms. The van der Waals surface area contributed by atoms with Gasteiger partial charge in [-0.25, -0.2) is 4.39 Å². The van der Waals surface area contributed by atoms with Crippen LogP contribution < -0.4 is 15.2 Å². The Balaban J connectivity index is 2.29. The van der Waals surface area contributed by atoms with Crippen LogP contribution in [0.15, 0.2) is 34.8 Å². The predicted molar refractivity (Wildman–Crippen MR) is 89.6 cm³/mol. The van der Waals surface area contributed by atoms with Gasteiger partial charge in [-0.1, -0.05) is 17.7 Å². The average Bonchev–Trinajstić information content (AvgIpc) is 2.48. The van der Waals surface area contributed by atoms with Gasteiger partial charge >= 0.3 is 0 Å². The minimum Gasteiger partial charge on any atom is -0.490 e. The van der Waals surface area contributed by atoms with Gasteiger partial charge < -0.3 is 15.2 Å². The maximum absolute atomic E-state index is 13.1. The van der Waals surface area contributed by atoms with Crippen LogP contribution in [-0.2, 0) is 6.61 Å². The van der Waals surface area contributed by atoms with Gasteiger partial charge in [-0.3, -0.25) is 4.79 Å². The molecule has 1 amide bonds. The van der Waals surface area contributed by atoms with Gasteiger partial charge in [-0.2, -0.15) is 0 Å². The van der Waals surface area contributed by atoms with E-state index in [1.54, 1.807) is 12.1 Å². The van der Waals surface area contributed by atoms with Gasteiger partial charge in [0.25, 0.3) is 0 Å². The monoisotopic (exact) mass is 401 g/mol. The molecule has 7 heteroatoms. The molecule has 2 N–H and O–H groups in total. The first-order chi connectivity index (χ1) is 10.9. The van der Waals surface area contributed by atoms with Gasteiger partial charge in [-0.15, -0.1) is 0 Å². The number of carbonyl (C=O) groups excluding carboxylic acids is 1. The van der Waals surface area contributed by atoms with E-state index in [9.17, 15) is 9.18 Å². The fraction of sp³-hybridized carbons (Fsp3) is 0.188. The predicted octanol–water partition coefficient (Wildman–Crippen LogP) is 4.32. The average molecular weight is 403 g/mol. The second-order valence-corrected chi connectivity index (χ2v) is 5.87. The summed E-state index contributed by atoms with van der Waals surface area (Å²) in [5.41, 5.74) is 6.21. The molecule has 0 spiro atoms. The summed E-state index contributed by atoms with van der Waals surface area (Å²) in [5.74, 6) is -0.188. The highest BCUT2D eigenvalue weighted by Gasteiger charge is 2.15. The number of hydrogen-bond donors (Lipinski definition) is 1. The molecule has 0 saturated heterocycles. The highest BCUT2D eigenvalue weighted by molar-refractivity contribution is 9.10. The summed E-state index contributed by atoms with van der Waals surface area (Å²) in [4.78, 5) is 11.3. The Morgan fingerprint density at radius 3 is 2.65 bits per heavy atom. The lowest BCUT2D eigenvalue weighted by Crippen LogP contribution is -2.12. The van der Waals surface area contributed by atoms with Crippen molar-refractivity contribution in [3.63, 3.8) is 0 Å². The molecule has 0 heterocycles. The number of hydrogen-bond acceptors (Lipinski definition) is 3. The zero-order valence-electron chi connectivity index (χ0n) is 12.2. The molecule has 0 aliphatic heterocycles. The molecule has 0 unspecified atom stereocenters. The van der Waals surface area contributed by atoms with E-state index in [2.05, 4.69) is 15.9 Å². The van der Waals surface area contributed by atoms with Crippen LogP contribution in [-0.4, -0.2) is 12.5 Å². The first-order valence-electron chi connectivity index (χ1n) is 6.75. The first-order valence-corrected chi connectivity index (χ1v) is 7.92. The van der Waals surface area contributed by atoms with Crippen LogP contribution in [0.4, 0.5) is 4.39 Å². The second kappa shape index (κ2) is 7.66. The molecule has 0 atom stereocenters. The van der Waals surface area contributed by atoms with E-state index in [1.807, 2.05) is 6.92 Å². The van der Waals surface area contributed by atoms with Crippen molar-refractivity contribution in [3.05, 3.63) is 56.8 Å². The Hall–Kier alpha value is -1.79. The number of halogens is 3. The van der Waals surface area contributed by atoms with Crippen molar-refractivity contribution in [2.45, 2.75) is 13.5 Å². The summed E-state index contributed by atoms with van der Waals surface area (Å²) >= 11 is 9.31. The van der Waals surface area contributed by atoms with Crippen molar-refractivity contribution in [1.29, 1.82) is 0 Å². The fourth-order valence-electron chi connectivity index (χ4n) is 1.90. The van der Waals surface area contributed by atoms with Gasteiger partial charge in [0.1, 0.15) is 12.4 Å². The fourth-order valence-corrected chi connectivity index (χ4v) is 2.68. The Labute approximate surface area is 146 Å². The van der Waals surface area contributed by atoms with E-state index < -0.39 is 11.7 Å². The van der Waals surface area contributed by atoms with Crippen molar-refractivity contribution in [2.75, 3.05) is 6.61 Å². The van der Waals surface area contributed by atoms with Gasteiger partial charge in [0.05, 0.1) is 16.1 Å². The number of rotatable bonds is 6. The number of ether oxygens (including phenoxy) is 2. The van der Waals surface area contributed by atoms with Gasteiger partial charge in [0.15, 0.2) is 11.5 Å². The molecule has 0 radical (unpaired) electrons. The molecular formula is C16H14BrClFNO3. The highest BCUT2D eigenvalue weighted by atomic mass is 79.9. The molecule has 0 bridgehead atoms. The quantitative estimate of drug-likeness (QED) is 0.783. The van der Waals surface area contributed by atoms with E-state index >= 15 is 0 Å². The van der Waals surface area contributed by atoms with Gasteiger partial charge in [0, 0.05) is 11.1 Å². The van der Waals surface area contributed by atoms with Crippen molar-refractivity contribution in [3.8, 4) is 11.5 Å². The number of benzene rings is 2. The Morgan fingerprint density at radius 1 is 1.30 bits per heavy atom. The van der Waals surface area contributed by atoms with Gasteiger partial charge in [-0.05, 0) is 47.1 Å². The largest absolute Gasteiger partial charge is 0.490 e. The van der Waals surface area contributed by atoms with Crippen molar-refractivity contribution < 1.29 is 18.7 Å². The molecule has 4 nitrogen and oxygen atoms in total. The maximum atomic E-state index is 13.1. The normalized spacial score (nSPS) is 10.4. The topological polar surface area (TPSA) is 61.5 Å². The lowest BCUT2D eigenvalue weighted by Gasteiger charge is -2.15. The number of nitrogens with two attached hydrogens (primary N) is 1. The zero-order chi connectivity index (χ0) is 17.0. The molecule has 0 aliphatic rings. The van der Waals surface area contributed by atoms with Crippen LogP contribution in [0.25, 0.3) is 0 Å². The maximum Gasteiger partial charge on any atom is 0.248 e. The van der Waals surface area contributed by atoms with Crippen molar-refractivity contribution >= 4 is 33.4 Å². The standard InChI is InChI=1S/C16H14BrClFNO3/c1-2-22-14-6-10(16(20)21)5-12(17)15(14)23-8-9-3-4-11(19)7-13(9)18/h3-7H,2,8H2,1H3,(H2,20,21). The molecule has 2 aromatic carbocycles. The molecule has 0 fully saturated rings. The summed E-state index contributed by atoms with van der Waals surface area (Å²) in [6, 6.07) is 7.13. The van der Waals surface area contributed by atoms with Gasteiger partial charge in [0.2, 0.25) is 5.91 Å². The molecule has 2 aromatic rings. The Bertz CT molecular complexity index is 740. The number of carbonyl (C=O) groups is 1. The lowest BCUT2D eigenvalue weighted by atomic mass is 10.2. The summed E-state index contributed by atoms with van der Waals surface area (Å²) in [6.07, 6.45) is 0. The molecule has 2 rings (SSSR count). The molecular weight excluding hydrogens is 389 g/mol. The van der Waals surface area contributed by atoms with E-state index in [1.165, 1.54) is 18.2 Å². The summed E-state index contributed by atoms with van der Waals surface area (Å²) in [6.45, 7) is 2.32. The van der Waals surface area contributed by atoms with Crippen LogP contribution in [0, 0.1) is 5.82 Å². The third-order valence-corrected chi connectivity index (χ3v) is 3.92. The van der Waals surface area contributed by atoms with E-state index in [-0.39, 0.29) is 11.6 Å². The number of amides is 1. The number of primary amides is 1. The van der Waals surface area contributed by atoms with E-state index in [0.29, 0.717) is 33.7 Å². The van der Waals surface area contributed by atoms with Crippen LogP contribution in [0.2, 0.25) is 5.02 Å². The van der Waals surface area contributed by atoms with Crippen molar-refractivity contribution in [1.82, 2.24) is 0 Å². The van der Waals surface area contributed by atoms with E-state index in [4.69, 9.17) is 26.8 Å². The Kier molecular flexibility index (Phi) is 5.85.